The molecule has 13 nitrogen and oxygen atoms in total. The van der Waals surface area contributed by atoms with Gasteiger partial charge in [0.1, 0.15) is 18.1 Å². The highest BCUT2D eigenvalue weighted by Gasteiger charge is 2.33. The lowest BCUT2D eigenvalue weighted by molar-refractivity contribution is -0.144. The number of carboxylic acid groups (broad SMARTS) is 2. The minimum Gasteiger partial charge on any atom is -0.481 e. The molecule has 0 aliphatic heterocycles. The van der Waals surface area contributed by atoms with Gasteiger partial charge >= 0.3 is 11.9 Å². The fraction of sp³-hybridized carbons (Fsp3) is 0.455. The van der Waals surface area contributed by atoms with Crippen LogP contribution in [0.15, 0.2) is 30.3 Å². The molecule has 4 unspecified atom stereocenters. The summed E-state index contributed by atoms with van der Waals surface area (Å²) < 4.78 is 0. The van der Waals surface area contributed by atoms with Crippen molar-refractivity contribution in [3.05, 3.63) is 35.9 Å². The summed E-state index contributed by atoms with van der Waals surface area (Å²) in [7, 11) is 0. The topological polar surface area (TPSA) is 231 Å². The quantitative estimate of drug-likeness (QED) is 0.153. The van der Waals surface area contributed by atoms with Gasteiger partial charge in [-0.15, -0.1) is 0 Å². The van der Waals surface area contributed by atoms with Crippen LogP contribution in [0.3, 0.4) is 0 Å². The number of primary amides is 1. The number of benzene rings is 1. The van der Waals surface area contributed by atoms with Gasteiger partial charge in [-0.05, 0) is 17.9 Å². The third kappa shape index (κ3) is 10.2. The van der Waals surface area contributed by atoms with Gasteiger partial charge in [0.05, 0.1) is 18.9 Å². The van der Waals surface area contributed by atoms with E-state index in [1.54, 1.807) is 30.3 Å². The van der Waals surface area contributed by atoms with Gasteiger partial charge in [-0.3, -0.25) is 24.0 Å². The predicted molar refractivity (Wildman–Crippen MR) is 122 cm³/mol. The molecule has 0 saturated heterocycles. The fourth-order valence-electron chi connectivity index (χ4n) is 3.07. The molecule has 1 aromatic rings. The summed E-state index contributed by atoms with van der Waals surface area (Å²) in [5, 5.41) is 25.1. The van der Waals surface area contributed by atoms with Gasteiger partial charge in [0, 0.05) is 0 Å². The second-order valence-electron chi connectivity index (χ2n) is 8.26. The monoisotopic (exact) mass is 493 g/mol. The van der Waals surface area contributed by atoms with E-state index in [9.17, 15) is 33.9 Å². The van der Waals surface area contributed by atoms with Crippen LogP contribution in [-0.4, -0.2) is 69.9 Å². The maximum absolute atomic E-state index is 12.8. The molecule has 0 spiro atoms. The summed E-state index contributed by atoms with van der Waals surface area (Å²) in [6, 6.07) is 3.09. The molecule has 1 rings (SSSR count). The van der Waals surface area contributed by atoms with Crippen LogP contribution in [0, 0.1) is 5.92 Å². The van der Waals surface area contributed by atoms with Crippen molar-refractivity contribution in [2.75, 3.05) is 0 Å². The van der Waals surface area contributed by atoms with Crippen LogP contribution in [-0.2, 0) is 35.2 Å². The summed E-state index contributed by atoms with van der Waals surface area (Å²) in [4.78, 5) is 71.9. The molecule has 0 aromatic heterocycles. The predicted octanol–water partition coefficient (Wildman–Crippen LogP) is -1.90. The fourth-order valence-corrected chi connectivity index (χ4v) is 3.07. The Balaban J connectivity index is 2.98. The Morgan fingerprint density at radius 3 is 1.83 bits per heavy atom. The van der Waals surface area contributed by atoms with E-state index in [-0.39, 0.29) is 6.42 Å². The number of carboxylic acids is 2. The van der Waals surface area contributed by atoms with Crippen molar-refractivity contribution in [3.63, 3.8) is 0 Å². The lowest BCUT2D eigenvalue weighted by Gasteiger charge is -2.25. The smallest absolute Gasteiger partial charge is 0.326 e. The van der Waals surface area contributed by atoms with E-state index >= 15 is 0 Å². The second kappa shape index (κ2) is 13.6. The Labute approximate surface area is 201 Å². The lowest BCUT2D eigenvalue weighted by atomic mass is 10.0. The highest BCUT2D eigenvalue weighted by Crippen LogP contribution is 2.06. The standard InChI is InChI=1S/C22H31N5O8/c1-11(2)18(22(34)35)27-21(33)14(9-16(24)28)26-20(32)15(10-17(29)30)25-19(31)13(23)8-12-6-4-3-5-7-12/h3-7,11,13-15,18H,8-10,23H2,1-2H3,(H2,24,28)(H,25,31)(H,26,32)(H,27,33)(H,29,30)(H,34,35). The summed E-state index contributed by atoms with van der Waals surface area (Å²) in [6.45, 7) is 3.08. The summed E-state index contributed by atoms with van der Waals surface area (Å²) in [5.74, 6) is -7.18. The summed E-state index contributed by atoms with van der Waals surface area (Å²) >= 11 is 0. The molecule has 0 bridgehead atoms. The van der Waals surface area contributed by atoms with Gasteiger partial charge in [0.15, 0.2) is 0 Å². The Morgan fingerprint density at radius 2 is 1.34 bits per heavy atom. The number of amides is 4. The van der Waals surface area contributed by atoms with Crippen molar-refractivity contribution < 1.29 is 39.0 Å². The van der Waals surface area contributed by atoms with Gasteiger partial charge in [0.2, 0.25) is 23.6 Å². The number of nitrogens with one attached hydrogen (secondary N) is 3. The molecule has 0 heterocycles. The molecule has 0 aliphatic carbocycles. The average Bonchev–Trinajstić information content (AvgIpc) is 2.75. The lowest BCUT2D eigenvalue weighted by Crippen LogP contribution is -2.58. The van der Waals surface area contributed by atoms with Gasteiger partial charge in [-0.25, -0.2) is 4.79 Å². The zero-order valence-corrected chi connectivity index (χ0v) is 19.4. The number of hydrogen-bond acceptors (Lipinski definition) is 7. The third-order valence-electron chi connectivity index (χ3n) is 4.92. The third-order valence-corrected chi connectivity index (χ3v) is 4.92. The van der Waals surface area contributed by atoms with E-state index in [0.717, 1.165) is 5.56 Å². The van der Waals surface area contributed by atoms with Gasteiger partial charge in [-0.1, -0.05) is 44.2 Å². The van der Waals surface area contributed by atoms with E-state index in [0.29, 0.717) is 0 Å². The van der Waals surface area contributed by atoms with Crippen molar-refractivity contribution in [1.82, 2.24) is 16.0 Å². The summed E-state index contributed by atoms with van der Waals surface area (Å²) in [6.07, 6.45) is -1.42. The number of hydrogen-bond donors (Lipinski definition) is 7. The molecule has 0 aliphatic rings. The van der Waals surface area contributed by atoms with Gasteiger partial charge < -0.3 is 37.6 Å². The van der Waals surface area contributed by atoms with Crippen LogP contribution < -0.4 is 27.4 Å². The van der Waals surface area contributed by atoms with Crippen LogP contribution in [0.25, 0.3) is 0 Å². The molecule has 4 atom stereocenters. The molecule has 192 valence electrons. The van der Waals surface area contributed by atoms with Crippen LogP contribution in [0.4, 0.5) is 0 Å². The van der Waals surface area contributed by atoms with Crippen molar-refractivity contribution in [2.24, 2.45) is 17.4 Å². The van der Waals surface area contributed by atoms with E-state index in [1.165, 1.54) is 13.8 Å². The van der Waals surface area contributed by atoms with Gasteiger partial charge in [0.25, 0.3) is 0 Å². The second-order valence-corrected chi connectivity index (χ2v) is 8.26. The first-order valence-corrected chi connectivity index (χ1v) is 10.7. The van der Waals surface area contributed by atoms with Crippen LogP contribution in [0.2, 0.25) is 0 Å². The number of aliphatic carboxylic acids is 2. The van der Waals surface area contributed by atoms with Crippen LogP contribution in [0.1, 0.15) is 32.3 Å². The normalized spacial score (nSPS) is 14.2. The number of nitrogens with two attached hydrogens (primary N) is 2. The molecule has 0 fully saturated rings. The van der Waals surface area contributed by atoms with Crippen molar-refractivity contribution in [3.8, 4) is 0 Å². The zero-order valence-electron chi connectivity index (χ0n) is 19.4. The molecule has 4 amide bonds. The average molecular weight is 494 g/mol. The largest absolute Gasteiger partial charge is 0.481 e. The number of carbonyl (C=O) groups excluding carboxylic acids is 4. The van der Waals surface area contributed by atoms with Crippen LogP contribution in [0.5, 0.6) is 0 Å². The first-order valence-electron chi connectivity index (χ1n) is 10.7. The van der Waals surface area contributed by atoms with Crippen molar-refractivity contribution in [2.45, 2.75) is 57.3 Å². The zero-order chi connectivity index (χ0) is 26.7. The van der Waals surface area contributed by atoms with Crippen molar-refractivity contribution in [1.29, 1.82) is 0 Å². The molecule has 0 radical (unpaired) electrons. The Bertz CT molecular complexity index is 937. The minimum atomic E-state index is -1.63. The molecule has 0 saturated carbocycles. The Hall–Kier alpha value is -4.00. The summed E-state index contributed by atoms with van der Waals surface area (Å²) in [5.41, 5.74) is 11.8. The van der Waals surface area contributed by atoms with E-state index in [2.05, 4.69) is 16.0 Å². The first-order chi connectivity index (χ1) is 16.3. The van der Waals surface area contributed by atoms with E-state index < -0.39 is 78.5 Å². The van der Waals surface area contributed by atoms with Crippen LogP contribution >= 0.6 is 0 Å². The minimum absolute atomic E-state index is 0.118. The maximum atomic E-state index is 12.8. The first kappa shape index (κ1) is 29.0. The molecule has 1 aromatic carbocycles. The highest BCUT2D eigenvalue weighted by atomic mass is 16.4. The van der Waals surface area contributed by atoms with E-state index in [4.69, 9.17) is 16.6 Å². The Morgan fingerprint density at radius 1 is 0.829 bits per heavy atom. The molecular formula is C22H31N5O8. The SMILES string of the molecule is CC(C)C(NC(=O)C(CC(N)=O)NC(=O)C(CC(=O)O)NC(=O)C(N)Cc1ccccc1)C(=O)O. The number of carbonyl (C=O) groups is 6. The molecule has 13 heteroatoms. The molecule has 9 N–H and O–H groups in total. The Kier molecular flexibility index (Phi) is 11.3. The molecular weight excluding hydrogens is 462 g/mol. The maximum Gasteiger partial charge on any atom is 0.326 e. The van der Waals surface area contributed by atoms with Crippen molar-refractivity contribution >= 4 is 35.6 Å². The van der Waals surface area contributed by atoms with Gasteiger partial charge in [-0.2, -0.15) is 0 Å². The number of rotatable bonds is 14. The molecule has 35 heavy (non-hydrogen) atoms. The van der Waals surface area contributed by atoms with E-state index in [1.807, 2.05) is 0 Å². The highest BCUT2D eigenvalue weighted by molar-refractivity contribution is 5.97.